The summed E-state index contributed by atoms with van der Waals surface area (Å²) < 4.78 is 0. The Labute approximate surface area is 112 Å². The Morgan fingerprint density at radius 1 is 1.17 bits per heavy atom. The summed E-state index contributed by atoms with van der Waals surface area (Å²) in [7, 11) is 0. The molecular weight excluding hydrogens is 218 g/mol. The first kappa shape index (κ1) is 13.6. The van der Waals surface area contributed by atoms with Gasteiger partial charge in [0.1, 0.15) is 0 Å². The molecular formula is C17H27N. The molecule has 18 heavy (non-hydrogen) atoms. The lowest BCUT2D eigenvalue weighted by Gasteiger charge is -2.46. The van der Waals surface area contributed by atoms with Gasteiger partial charge in [0.2, 0.25) is 0 Å². The van der Waals surface area contributed by atoms with E-state index in [1.54, 1.807) is 0 Å². The molecule has 0 heterocycles. The first-order chi connectivity index (χ1) is 8.35. The number of rotatable bonds is 2. The minimum Gasteiger partial charge on any atom is -0.321 e. The van der Waals surface area contributed by atoms with Gasteiger partial charge in [-0.05, 0) is 48.1 Å². The molecule has 0 radical (unpaired) electrons. The predicted molar refractivity (Wildman–Crippen MR) is 78.5 cm³/mol. The van der Waals surface area contributed by atoms with Crippen molar-refractivity contribution in [2.45, 2.75) is 58.9 Å². The van der Waals surface area contributed by atoms with Gasteiger partial charge in [0, 0.05) is 5.54 Å². The van der Waals surface area contributed by atoms with E-state index in [0.717, 1.165) is 19.3 Å². The van der Waals surface area contributed by atoms with Gasteiger partial charge in [0.25, 0.3) is 0 Å². The number of nitrogens with two attached hydrogens (primary N) is 1. The topological polar surface area (TPSA) is 26.0 Å². The minimum absolute atomic E-state index is 0.132. The lowest BCUT2D eigenvalue weighted by Crippen LogP contribution is -2.46. The third-order valence-electron chi connectivity index (χ3n) is 4.34. The molecule has 1 saturated carbocycles. The lowest BCUT2D eigenvalue weighted by atomic mass is 9.62. The Morgan fingerprint density at radius 2 is 1.78 bits per heavy atom. The Bertz CT molecular complexity index is 404. The van der Waals surface area contributed by atoms with Gasteiger partial charge in [-0.3, -0.25) is 0 Å². The highest BCUT2D eigenvalue weighted by atomic mass is 14.8. The quantitative estimate of drug-likeness (QED) is 0.828. The van der Waals surface area contributed by atoms with Crippen LogP contribution in [0.15, 0.2) is 24.3 Å². The summed E-state index contributed by atoms with van der Waals surface area (Å²) in [5.41, 5.74) is 9.68. The van der Waals surface area contributed by atoms with E-state index < -0.39 is 0 Å². The number of aryl methyl sites for hydroxylation is 1. The van der Waals surface area contributed by atoms with Crippen molar-refractivity contribution in [1.29, 1.82) is 0 Å². The SMILES string of the molecule is CCc1ccc(C2(N)CC(C)CC(C)(C)C2)cc1. The molecule has 0 bridgehead atoms. The maximum Gasteiger partial charge on any atom is 0.0417 e. The zero-order valence-corrected chi connectivity index (χ0v) is 12.3. The van der Waals surface area contributed by atoms with Crippen molar-refractivity contribution in [3.05, 3.63) is 35.4 Å². The van der Waals surface area contributed by atoms with Crippen molar-refractivity contribution in [2.24, 2.45) is 17.1 Å². The summed E-state index contributed by atoms with van der Waals surface area (Å²) in [6.45, 7) is 9.23. The van der Waals surface area contributed by atoms with Crippen LogP contribution < -0.4 is 5.73 Å². The summed E-state index contributed by atoms with van der Waals surface area (Å²) >= 11 is 0. The van der Waals surface area contributed by atoms with Crippen LogP contribution in [0, 0.1) is 11.3 Å². The van der Waals surface area contributed by atoms with E-state index in [1.807, 2.05) is 0 Å². The fourth-order valence-electron chi connectivity index (χ4n) is 3.93. The highest BCUT2D eigenvalue weighted by molar-refractivity contribution is 5.29. The largest absolute Gasteiger partial charge is 0.321 e. The second-order valence-corrected chi connectivity index (χ2v) is 7.06. The van der Waals surface area contributed by atoms with E-state index in [9.17, 15) is 0 Å². The van der Waals surface area contributed by atoms with Crippen LogP contribution in [0.3, 0.4) is 0 Å². The van der Waals surface area contributed by atoms with Crippen molar-refractivity contribution < 1.29 is 0 Å². The molecule has 0 saturated heterocycles. The summed E-state index contributed by atoms with van der Waals surface area (Å²) in [5.74, 6) is 0.713. The Balaban J connectivity index is 2.28. The van der Waals surface area contributed by atoms with Gasteiger partial charge >= 0.3 is 0 Å². The number of hydrogen-bond acceptors (Lipinski definition) is 1. The monoisotopic (exact) mass is 245 g/mol. The van der Waals surface area contributed by atoms with E-state index >= 15 is 0 Å². The van der Waals surface area contributed by atoms with Gasteiger partial charge in [0.15, 0.2) is 0 Å². The molecule has 2 unspecified atom stereocenters. The first-order valence-corrected chi connectivity index (χ1v) is 7.23. The van der Waals surface area contributed by atoms with E-state index in [-0.39, 0.29) is 5.54 Å². The fourth-order valence-corrected chi connectivity index (χ4v) is 3.93. The van der Waals surface area contributed by atoms with Crippen molar-refractivity contribution in [3.63, 3.8) is 0 Å². The number of hydrogen-bond donors (Lipinski definition) is 1. The Kier molecular flexibility index (Phi) is 3.55. The molecule has 2 rings (SSSR count). The smallest absolute Gasteiger partial charge is 0.0417 e. The summed E-state index contributed by atoms with van der Waals surface area (Å²) in [6, 6.07) is 8.95. The molecule has 1 aliphatic rings. The van der Waals surface area contributed by atoms with Crippen LogP contribution in [-0.4, -0.2) is 0 Å². The second-order valence-electron chi connectivity index (χ2n) is 7.06. The van der Waals surface area contributed by atoms with Crippen LogP contribution in [0.5, 0.6) is 0 Å². The van der Waals surface area contributed by atoms with Crippen LogP contribution >= 0.6 is 0 Å². The third kappa shape index (κ3) is 2.77. The van der Waals surface area contributed by atoms with Gasteiger partial charge in [-0.2, -0.15) is 0 Å². The molecule has 1 aromatic rings. The van der Waals surface area contributed by atoms with E-state index in [4.69, 9.17) is 5.73 Å². The summed E-state index contributed by atoms with van der Waals surface area (Å²) in [5, 5.41) is 0. The zero-order chi connectivity index (χ0) is 13.4. The Morgan fingerprint density at radius 3 is 2.28 bits per heavy atom. The van der Waals surface area contributed by atoms with Gasteiger partial charge in [-0.1, -0.05) is 52.0 Å². The van der Waals surface area contributed by atoms with Crippen molar-refractivity contribution in [3.8, 4) is 0 Å². The van der Waals surface area contributed by atoms with Gasteiger partial charge < -0.3 is 5.73 Å². The highest BCUT2D eigenvalue weighted by Gasteiger charge is 2.41. The van der Waals surface area contributed by atoms with Gasteiger partial charge in [-0.25, -0.2) is 0 Å². The maximum absolute atomic E-state index is 6.74. The summed E-state index contributed by atoms with van der Waals surface area (Å²) in [6.07, 6.45) is 4.59. The lowest BCUT2D eigenvalue weighted by molar-refractivity contribution is 0.107. The van der Waals surface area contributed by atoms with E-state index in [0.29, 0.717) is 11.3 Å². The van der Waals surface area contributed by atoms with Gasteiger partial charge in [0.05, 0.1) is 0 Å². The Hall–Kier alpha value is -0.820. The maximum atomic E-state index is 6.74. The van der Waals surface area contributed by atoms with Crippen LogP contribution in [0.2, 0.25) is 0 Å². The zero-order valence-electron chi connectivity index (χ0n) is 12.3. The van der Waals surface area contributed by atoms with Crippen molar-refractivity contribution in [1.82, 2.24) is 0 Å². The normalized spacial score (nSPS) is 31.3. The van der Waals surface area contributed by atoms with E-state index in [1.165, 1.54) is 17.5 Å². The van der Waals surface area contributed by atoms with Gasteiger partial charge in [-0.15, -0.1) is 0 Å². The molecule has 0 spiro atoms. The molecule has 1 fully saturated rings. The minimum atomic E-state index is -0.132. The van der Waals surface area contributed by atoms with Crippen LogP contribution in [0.25, 0.3) is 0 Å². The molecule has 2 atom stereocenters. The average Bonchev–Trinajstić information content (AvgIpc) is 2.26. The fraction of sp³-hybridized carbons (Fsp3) is 0.647. The molecule has 1 aliphatic carbocycles. The molecule has 0 amide bonds. The number of benzene rings is 1. The average molecular weight is 245 g/mol. The molecule has 100 valence electrons. The van der Waals surface area contributed by atoms with Crippen molar-refractivity contribution in [2.75, 3.05) is 0 Å². The molecule has 1 nitrogen and oxygen atoms in total. The van der Waals surface area contributed by atoms with Crippen molar-refractivity contribution >= 4 is 0 Å². The standard InChI is InChI=1S/C17H27N/c1-5-14-6-8-15(9-7-14)17(18)11-13(2)10-16(3,4)12-17/h6-9,13H,5,10-12,18H2,1-4H3. The second kappa shape index (κ2) is 4.70. The van der Waals surface area contributed by atoms with E-state index in [2.05, 4.69) is 52.0 Å². The molecule has 0 aromatic heterocycles. The molecule has 2 N–H and O–H groups in total. The highest BCUT2D eigenvalue weighted by Crippen LogP contribution is 2.47. The first-order valence-electron chi connectivity index (χ1n) is 7.23. The molecule has 1 heteroatoms. The van der Waals surface area contributed by atoms with Crippen LogP contribution in [-0.2, 0) is 12.0 Å². The van der Waals surface area contributed by atoms with Crippen LogP contribution in [0.4, 0.5) is 0 Å². The predicted octanol–water partition coefficient (Wildman–Crippen LogP) is 4.25. The third-order valence-corrected chi connectivity index (χ3v) is 4.34. The molecule has 0 aliphatic heterocycles. The summed E-state index contributed by atoms with van der Waals surface area (Å²) in [4.78, 5) is 0. The van der Waals surface area contributed by atoms with Crippen LogP contribution in [0.1, 0.15) is 58.1 Å². The molecule has 1 aromatic carbocycles.